The van der Waals surface area contributed by atoms with E-state index in [-0.39, 0.29) is 10.8 Å². The Labute approximate surface area is 166 Å². The number of ether oxygens (including phenoxy) is 2. The first kappa shape index (κ1) is 22.2. The summed E-state index contributed by atoms with van der Waals surface area (Å²) in [5.74, 6) is -0.205. The Kier molecular flexibility index (Phi) is 8.25. The van der Waals surface area contributed by atoms with Gasteiger partial charge in [0.2, 0.25) is 10.0 Å². The van der Waals surface area contributed by atoms with Gasteiger partial charge in [-0.15, -0.1) is 0 Å². The van der Waals surface area contributed by atoms with Gasteiger partial charge in [0.15, 0.2) is 6.61 Å². The topological polar surface area (TPSA) is 111 Å². The standard InChI is InChI=1S/C19H28N2O6S/c1-14(21-28(24,25)17-10-8-16(26-2)9-11-17)19(23)27-13-18(22)20-12-15-6-4-3-5-7-15/h8-11,14-15,21H,3-7,12-13H2,1-2H3,(H,20,22)/t14-/m0/s1. The fourth-order valence-corrected chi connectivity index (χ4v) is 4.26. The summed E-state index contributed by atoms with van der Waals surface area (Å²) in [5, 5.41) is 2.76. The Morgan fingerprint density at radius 3 is 2.39 bits per heavy atom. The Morgan fingerprint density at radius 2 is 1.79 bits per heavy atom. The molecule has 2 rings (SSSR count). The molecule has 156 valence electrons. The number of benzene rings is 1. The van der Waals surface area contributed by atoms with E-state index in [1.165, 1.54) is 57.6 Å². The second-order valence-electron chi connectivity index (χ2n) is 6.93. The number of carbonyl (C=O) groups is 2. The van der Waals surface area contributed by atoms with Crippen LogP contribution in [-0.4, -0.2) is 46.6 Å². The minimum Gasteiger partial charge on any atom is -0.497 e. The maximum atomic E-state index is 12.3. The van der Waals surface area contributed by atoms with Gasteiger partial charge in [0.1, 0.15) is 11.8 Å². The van der Waals surface area contributed by atoms with Gasteiger partial charge in [-0.3, -0.25) is 9.59 Å². The number of rotatable bonds is 9. The van der Waals surface area contributed by atoms with Crippen molar-refractivity contribution < 1.29 is 27.5 Å². The molecule has 0 radical (unpaired) electrons. The molecule has 2 N–H and O–H groups in total. The summed E-state index contributed by atoms with van der Waals surface area (Å²) in [7, 11) is -2.42. The highest BCUT2D eigenvalue weighted by Gasteiger charge is 2.24. The van der Waals surface area contributed by atoms with Crippen LogP contribution in [0.5, 0.6) is 5.75 Å². The molecule has 1 amide bonds. The van der Waals surface area contributed by atoms with Crippen LogP contribution < -0.4 is 14.8 Å². The third-order valence-corrected chi connectivity index (χ3v) is 6.27. The molecule has 1 aromatic carbocycles. The van der Waals surface area contributed by atoms with E-state index in [0.29, 0.717) is 18.2 Å². The summed E-state index contributed by atoms with van der Waals surface area (Å²) < 4.78 is 36.8. The molecule has 0 unspecified atom stereocenters. The molecule has 1 aliphatic carbocycles. The fraction of sp³-hybridized carbons (Fsp3) is 0.579. The largest absolute Gasteiger partial charge is 0.497 e. The van der Waals surface area contributed by atoms with Crippen LogP contribution in [0.15, 0.2) is 29.2 Å². The molecular formula is C19H28N2O6S. The van der Waals surface area contributed by atoms with Crippen molar-refractivity contribution >= 4 is 21.9 Å². The van der Waals surface area contributed by atoms with Gasteiger partial charge in [0.25, 0.3) is 5.91 Å². The van der Waals surface area contributed by atoms with Crippen LogP contribution in [-0.2, 0) is 24.3 Å². The van der Waals surface area contributed by atoms with Crippen LogP contribution >= 0.6 is 0 Å². The van der Waals surface area contributed by atoms with Crippen LogP contribution in [0.2, 0.25) is 0 Å². The Hall–Kier alpha value is -2.13. The number of esters is 1. The maximum absolute atomic E-state index is 12.3. The molecule has 1 fully saturated rings. The number of methoxy groups -OCH3 is 1. The van der Waals surface area contributed by atoms with Gasteiger partial charge in [0.05, 0.1) is 12.0 Å². The van der Waals surface area contributed by atoms with Crippen molar-refractivity contribution in [3.63, 3.8) is 0 Å². The van der Waals surface area contributed by atoms with Gasteiger partial charge in [-0.1, -0.05) is 19.3 Å². The third kappa shape index (κ3) is 6.79. The first-order valence-corrected chi connectivity index (χ1v) is 10.9. The zero-order valence-electron chi connectivity index (χ0n) is 16.3. The number of amides is 1. The number of hydrogen-bond acceptors (Lipinski definition) is 6. The van der Waals surface area contributed by atoms with Crippen LogP contribution in [0.25, 0.3) is 0 Å². The maximum Gasteiger partial charge on any atom is 0.324 e. The van der Waals surface area contributed by atoms with Gasteiger partial charge in [0, 0.05) is 6.54 Å². The zero-order chi connectivity index (χ0) is 20.6. The van der Waals surface area contributed by atoms with Crippen molar-refractivity contribution in [1.82, 2.24) is 10.0 Å². The molecule has 0 aromatic heterocycles. The van der Waals surface area contributed by atoms with Crippen LogP contribution in [0.1, 0.15) is 39.0 Å². The van der Waals surface area contributed by atoms with Gasteiger partial charge in [-0.05, 0) is 49.9 Å². The van der Waals surface area contributed by atoms with E-state index in [0.717, 1.165) is 12.8 Å². The number of carbonyl (C=O) groups excluding carboxylic acids is 2. The lowest BCUT2D eigenvalue weighted by Gasteiger charge is -2.21. The molecule has 9 heteroatoms. The third-order valence-electron chi connectivity index (χ3n) is 4.71. The first-order valence-electron chi connectivity index (χ1n) is 9.41. The van der Waals surface area contributed by atoms with Crippen molar-refractivity contribution in [3.8, 4) is 5.75 Å². The van der Waals surface area contributed by atoms with Crippen molar-refractivity contribution in [3.05, 3.63) is 24.3 Å². The lowest BCUT2D eigenvalue weighted by atomic mass is 9.89. The molecule has 1 aromatic rings. The predicted molar refractivity (Wildman–Crippen MR) is 103 cm³/mol. The molecular weight excluding hydrogens is 384 g/mol. The molecule has 1 aliphatic rings. The summed E-state index contributed by atoms with van der Waals surface area (Å²) in [6.07, 6.45) is 5.81. The van der Waals surface area contributed by atoms with Crippen molar-refractivity contribution in [2.45, 2.75) is 50.0 Å². The zero-order valence-corrected chi connectivity index (χ0v) is 17.1. The quantitative estimate of drug-likeness (QED) is 0.596. The number of nitrogens with one attached hydrogen (secondary N) is 2. The SMILES string of the molecule is COc1ccc(S(=O)(=O)N[C@@H](C)C(=O)OCC(=O)NCC2CCCCC2)cc1. The van der Waals surface area contributed by atoms with Crippen LogP contribution in [0, 0.1) is 5.92 Å². The van der Waals surface area contributed by atoms with E-state index in [1.807, 2.05) is 0 Å². The molecule has 8 nitrogen and oxygen atoms in total. The lowest BCUT2D eigenvalue weighted by Crippen LogP contribution is -2.41. The van der Waals surface area contributed by atoms with E-state index >= 15 is 0 Å². The van der Waals surface area contributed by atoms with Crippen molar-refractivity contribution in [2.75, 3.05) is 20.3 Å². The minimum atomic E-state index is -3.90. The van der Waals surface area contributed by atoms with E-state index in [2.05, 4.69) is 10.0 Å². The van der Waals surface area contributed by atoms with E-state index in [1.54, 1.807) is 0 Å². The van der Waals surface area contributed by atoms with Gasteiger partial charge >= 0.3 is 5.97 Å². The molecule has 0 heterocycles. The average Bonchev–Trinajstić information content (AvgIpc) is 2.70. The predicted octanol–water partition coefficient (Wildman–Crippen LogP) is 1.60. The Morgan fingerprint density at radius 1 is 1.14 bits per heavy atom. The molecule has 1 saturated carbocycles. The van der Waals surface area contributed by atoms with Crippen molar-refractivity contribution in [1.29, 1.82) is 0 Å². The summed E-state index contributed by atoms with van der Waals surface area (Å²) in [5.41, 5.74) is 0. The highest BCUT2D eigenvalue weighted by molar-refractivity contribution is 7.89. The molecule has 1 atom stereocenters. The van der Waals surface area contributed by atoms with Gasteiger partial charge in [-0.2, -0.15) is 4.72 Å². The molecule has 28 heavy (non-hydrogen) atoms. The summed E-state index contributed by atoms with van der Waals surface area (Å²) in [4.78, 5) is 23.9. The number of hydrogen-bond donors (Lipinski definition) is 2. The summed E-state index contributed by atoms with van der Waals surface area (Å²) in [6.45, 7) is 1.51. The Bertz CT molecular complexity index is 757. The summed E-state index contributed by atoms with van der Waals surface area (Å²) >= 11 is 0. The lowest BCUT2D eigenvalue weighted by molar-refractivity contribution is -0.149. The summed E-state index contributed by atoms with van der Waals surface area (Å²) in [6, 6.07) is 4.64. The number of sulfonamides is 1. The van der Waals surface area contributed by atoms with Crippen LogP contribution in [0.4, 0.5) is 0 Å². The highest BCUT2D eigenvalue weighted by atomic mass is 32.2. The second-order valence-corrected chi connectivity index (χ2v) is 8.65. The fourth-order valence-electron chi connectivity index (χ4n) is 3.07. The van der Waals surface area contributed by atoms with Gasteiger partial charge in [-0.25, -0.2) is 8.42 Å². The molecule has 0 spiro atoms. The highest BCUT2D eigenvalue weighted by Crippen LogP contribution is 2.22. The molecule has 0 bridgehead atoms. The Balaban J connectivity index is 1.77. The van der Waals surface area contributed by atoms with Crippen molar-refractivity contribution in [2.24, 2.45) is 5.92 Å². The van der Waals surface area contributed by atoms with E-state index < -0.39 is 28.6 Å². The average molecular weight is 413 g/mol. The monoisotopic (exact) mass is 412 g/mol. The van der Waals surface area contributed by atoms with E-state index in [4.69, 9.17) is 9.47 Å². The minimum absolute atomic E-state index is 0.00169. The second kappa shape index (κ2) is 10.4. The van der Waals surface area contributed by atoms with Crippen LogP contribution in [0.3, 0.4) is 0 Å². The molecule has 0 aliphatic heterocycles. The normalized spacial score (nSPS) is 16.2. The first-order chi connectivity index (χ1) is 13.3. The van der Waals surface area contributed by atoms with Gasteiger partial charge < -0.3 is 14.8 Å². The molecule has 0 saturated heterocycles. The van der Waals surface area contributed by atoms with E-state index in [9.17, 15) is 18.0 Å². The smallest absolute Gasteiger partial charge is 0.324 e.